The number of nitrogens with zero attached hydrogens (tertiary/aromatic N) is 3. The van der Waals surface area contributed by atoms with E-state index in [0.717, 1.165) is 32.7 Å². The molecule has 1 saturated heterocycles. The van der Waals surface area contributed by atoms with Crippen LogP contribution in [0, 0.1) is 0 Å². The van der Waals surface area contributed by atoms with Gasteiger partial charge in [-0.3, -0.25) is 9.88 Å². The lowest BCUT2D eigenvalue weighted by Gasteiger charge is -2.36. The maximum absolute atomic E-state index is 4.09. The molecule has 1 aromatic heterocycles. The number of hydrogen-bond acceptors (Lipinski definition) is 3. The minimum absolute atomic E-state index is 0.208. The molecule has 122 valence electrons. The zero-order valence-corrected chi connectivity index (χ0v) is 14.5. The van der Waals surface area contributed by atoms with Gasteiger partial charge in [-0.1, -0.05) is 32.9 Å². The molecule has 2 aromatic rings. The molecule has 0 saturated carbocycles. The molecular weight excluding hydrogens is 282 g/mol. The Morgan fingerprint density at radius 1 is 0.957 bits per heavy atom. The molecule has 1 aromatic carbocycles. The van der Waals surface area contributed by atoms with E-state index in [4.69, 9.17) is 0 Å². The first-order valence-electron chi connectivity index (χ1n) is 8.49. The molecule has 2 heterocycles. The third kappa shape index (κ3) is 4.11. The summed E-state index contributed by atoms with van der Waals surface area (Å²) in [4.78, 5) is 9.13. The van der Waals surface area contributed by atoms with E-state index in [1.807, 2.05) is 12.4 Å². The molecule has 0 aliphatic carbocycles. The molecule has 3 heteroatoms. The van der Waals surface area contributed by atoms with Gasteiger partial charge in [-0.05, 0) is 40.8 Å². The highest BCUT2D eigenvalue weighted by Gasteiger charge is 2.19. The zero-order valence-electron chi connectivity index (χ0n) is 14.5. The molecule has 1 aliphatic rings. The van der Waals surface area contributed by atoms with Crippen molar-refractivity contribution in [1.29, 1.82) is 0 Å². The van der Waals surface area contributed by atoms with Gasteiger partial charge >= 0.3 is 0 Å². The molecule has 3 nitrogen and oxygen atoms in total. The Balaban J connectivity index is 1.61. The molecule has 0 amide bonds. The smallest absolute Gasteiger partial charge is 0.0370 e. The molecule has 1 aliphatic heterocycles. The van der Waals surface area contributed by atoms with Crippen molar-refractivity contribution in [2.45, 2.75) is 32.7 Å². The molecule has 0 N–H and O–H groups in total. The SMILES string of the molecule is CC(C)(C)c1cccc(N2CCN(Cc3ccncc3)CC2)c1. The van der Waals surface area contributed by atoms with Crippen LogP contribution in [0.5, 0.6) is 0 Å². The predicted molar refractivity (Wildman–Crippen MR) is 96.9 cm³/mol. The Morgan fingerprint density at radius 2 is 1.65 bits per heavy atom. The van der Waals surface area contributed by atoms with Gasteiger partial charge in [-0.2, -0.15) is 0 Å². The second kappa shape index (κ2) is 6.71. The van der Waals surface area contributed by atoms with Gasteiger partial charge in [0.2, 0.25) is 0 Å². The van der Waals surface area contributed by atoms with Crippen LogP contribution >= 0.6 is 0 Å². The first-order chi connectivity index (χ1) is 11.0. The highest BCUT2D eigenvalue weighted by molar-refractivity contribution is 5.50. The average molecular weight is 309 g/mol. The van der Waals surface area contributed by atoms with Crippen LogP contribution in [0.25, 0.3) is 0 Å². The van der Waals surface area contributed by atoms with Crippen molar-refractivity contribution in [3.63, 3.8) is 0 Å². The molecule has 1 fully saturated rings. The first kappa shape index (κ1) is 16.0. The first-order valence-corrected chi connectivity index (χ1v) is 8.49. The monoisotopic (exact) mass is 309 g/mol. The molecule has 3 rings (SSSR count). The number of hydrogen-bond donors (Lipinski definition) is 0. The molecule has 23 heavy (non-hydrogen) atoms. The van der Waals surface area contributed by atoms with Gasteiger partial charge < -0.3 is 4.90 Å². The summed E-state index contributed by atoms with van der Waals surface area (Å²) in [6.07, 6.45) is 3.76. The van der Waals surface area contributed by atoms with Crippen LogP contribution in [-0.2, 0) is 12.0 Å². The van der Waals surface area contributed by atoms with Crippen LogP contribution < -0.4 is 4.90 Å². The summed E-state index contributed by atoms with van der Waals surface area (Å²) < 4.78 is 0. The lowest BCUT2D eigenvalue weighted by molar-refractivity contribution is 0.250. The summed E-state index contributed by atoms with van der Waals surface area (Å²) in [7, 11) is 0. The summed E-state index contributed by atoms with van der Waals surface area (Å²) in [6, 6.07) is 13.3. The number of pyridine rings is 1. The van der Waals surface area contributed by atoms with Crippen molar-refractivity contribution in [3.05, 3.63) is 59.9 Å². The van der Waals surface area contributed by atoms with Gasteiger partial charge in [0.25, 0.3) is 0 Å². The van der Waals surface area contributed by atoms with E-state index in [-0.39, 0.29) is 5.41 Å². The molecule has 0 atom stereocenters. The summed E-state index contributed by atoms with van der Waals surface area (Å²) in [5.41, 5.74) is 4.33. The number of anilines is 1. The van der Waals surface area contributed by atoms with Crippen LogP contribution in [0.15, 0.2) is 48.8 Å². The van der Waals surface area contributed by atoms with Crippen molar-refractivity contribution in [1.82, 2.24) is 9.88 Å². The van der Waals surface area contributed by atoms with Crippen molar-refractivity contribution < 1.29 is 0 Å². The minimum Gasteiger partial charge on any atom is -0.369 e. The molecule has 0 radical (unpaired) electrons. The Hall–Kier alpha value is -1.87. The molecular formula is C20H27N3. The largest absolute Gasteiger partial charge is 0.369 e. The van der Waals surface area contributed by atoms with E-state index < -0.39 is 0 Å². The summed E-state index contributed by atoms with van der Waals surface area (Å²) in [5.74, 6) is 0. The number of rotatable bonds is 3. The summed E-state index contributed by atoms with van der Waals surface area (Å²) >= 11 is 0. The Labute approximate surface area is 140 Å². The van der Waals surface area contributed by atoms with Crippen LogP contribution in [0.1, 0.15) is 31.9 Å². The van der Waals surface area contributed by atoms with Crippen LogP contribution in [0.4, 0.5) is 5.69 Å². The minimum atomic E-state index is 0.208. The van der Waals surface area contributed by atoms with Crippen molar-refractivity contribution in [2.24, 2.45) is 0 Å². The third-order valence-corrected chi connectivity index (χ3v) is 4.61. The fourth-order valence-corrected chi connectivity index (χ4v) is 3.08. The summed E-state index contributed by atoms with van der Waals surface area (Å²) in [6.45, 7) is 12.3. The van der Waals surface area contributed by atoms with E-state index in [2.05, 4.69) is 72.0 Å². The van der Waals surface area contributed by atoms with Gasteiger partial charge in [0, 0.05) is 50.8 Å². The standard InChI is InChI=1S/C20H27N3/c1-20(2,3)18-5-4-6-19(15-18)23-13-11-22(12-14-23)16-17-7-9-21-10-8-17/h4-10,15H,11-14,16H2,1-3H3. The summed E-state index contributed by atoms with van der Waals surface area (Å²) in [5, 5.41) is 0. The van der Waals surface area contributed by atoms with Gasteiger partial charge in [0.05, 0.1) is 0 Å². The normalized spacial score (nSPS) is 16.6. The Morgan fingerprint density at radius 3 is 2.30 bits per heavy atom. The topological polar surface area (TPSA) is 19.4 Å². The molecule has 0 bridgehead atoms. The van der Waals surface area contributed by atoms with Gasteiger partial charge in [-0.25, -0.2) is 0 Å². The quantitative estimate of drug-likeness (QED) is 0.862. The second-order valence-corrected chi connectivity index (χ2v) is 7.42. The van der Waals surface area contributed by atoms with Gasteiger partial charge in [-0.15, -0.1) is 0 Å². The van der Waals surface area contributed by atoms with Crippen LogP contribution in [0.2, 0.25) is 0 Å². The Bertz CT molecular complexity index is 623. The maximum Gasteiger partial charge on any atom is 0.0370 e. The number of benzene rings is 1. The lowest BCUT2D eigenvalue weighted by Crippen LogP contribution is -2.46. The molecule has 0 unspecified atom stereocenters. The van der Waals surface area contributed by atoms with Crippen molar-refractivity contribution in [2.75, 3.05) is 31.1 Å². The highest BCUT2D eigenvalue weighted by atomic mass is 15.3. The van der Waals surface area contributed by atoms with Gasteiger partial charge in [0.1, 0.15) is 0 Å². The van der Waals surface area contributed by atoms with E-state index in [9.17, 15) is 0 Å². The number of aromatic nitrogens is 1. The van der Waals surface area contributed by atoms with Gasteiger partial charge in [0.15, 0.2) is 0 Å². The van der Waals surface area contributed by atoms with Crippen LogP contribution in [0.3, 0.4) is 0 Å². The fourth-order valence-electron chi connectivity index (χ4n) is 3.08. The van der Waals surface area contributed by atoms with E-state index in [0.29, 0.717) is 0 Å². The van der Waals surface area contributed by atoms with Crippen LogP contribution in [-0.4, -0.2) is 36.1 Å². The Kier molecular flexibility index (Phi) is 4.67. The van der Waals surface area contributed by atoms with E-state index >= 15 is 0 Å². The fraction of sp³-hybridized carbons (Fsp3) is 0.450. The average Bonchev–Trinajstić information content (AvgIpc) is 2.56. The maximum atomic E-state index is 4.09. The zero-order chi connectivity index (χ0) is 16.3. The van der Waals surface area contributed by atoms with Crippen molar-refractivity contribution in [3.8, 4) is 0 Å². The van der Waals surface area contributed by atoms with E-state index in [1.165, 1.54) is 16.8 Å². The predicted octanol–water partition coefficient (Wildman–Crippen LogP) is 3.70. The van der Waals surface area contributed by atoms with E-state index in [1.54, 1.807) is 0 Å². The number of piperazine rings is 1. The third-order valence-electron chi connectivity index (χ3n) is 4.61. The van der Waals surface area contributed by atoms with Crippen molar-refractivity contribution >= 4 is 5.69 Å². The highest BCUT2D eigenvalue weighted by Crippen LogP contribution is 2.27. The lowest BCUT2D eigenvalue weighted by atomic mass is 9.87. The second-order valence-electron chi connectivity index (χ2n) is 7.42. The molecule has 0 spiro atoms.